The Morgan fingerprint density at radius 3 is 2.57 bits per heavy atom. The maximum absolute atomic E-state index is 12.1. The molecule has 2 aromatic carbocycles. The standard InChI is InChI=1S/C15H10O7S/c16-10-4-5-12-13(17)8-14(21-15(12)7-10)9-2-1-3-11(6-9)22-23(18,19)20/h1-8,16H,(H,18,19,20). The minimum Gasteiger partial charge on any atom is -0.508 e. The van der Waals surface area contributed by atoms with Crippen molar-refractivity contribution >= 4 is 21.4 Å². The number of benzene rings is 2. The second kappa shape index (κ2) is 5.41. The van der Waals surface area contributed by atoms with E-state index in [0.717, 1.165) is 0 Å². The van der Waals surface area contributed by atoms with E-state index in [-0.39, 0.29) is 28.3 Å². The molecule has 3 rings (SSSR count). The van der Waals surface area contributed by atoms with Gasteiger partial charge in [-0.1, -0.05) is 12.1 Å². The lowest BCUT2D eigenvalue weighted by Gasteiger charge is -2.06. The Balaban J connectivity index is 2.13. The van der Waals surface area contributed by atoms with Crippen LogP contribution in [0.4, 0.5) is 0 Å². The van der Waals surface area contributed by atoms with Crippen molar-refractivity contribution in [3.8, 4) is 22.8 Å². The van der Waals surface area contributed by atoms with Gasteiger partial charge in [0.2, 0.25) is 0 Å². The molecular weight excluding hydrogens is 324 g/mol. The summed E-state index contributed by atoms with van der Waals surface area (Å²) in [5.41, 5.74) is 0.240. The smallest absolute Gasteiger partial charge is 0.446 e. The van der Waals surface area contributed by atoms with E-state index in [2.05, 4.69) is 4.18 Å². The summed E-state index contributed by atoms with van der Waals surface area (Å²) in [5, 5.41) is 9.78. The first-order chi connectivity index (χ1) is 10.8. The van der Waals surface area contributed by atoms with Crippen LogP contribution in [0.5, 0.6) is 11.5 Å². The van der Waals surface area contributed by atoms with E-state index in [1.54, 1.807) is 6.07 Å². The molecule has 23 heavy (non-hydrogen) atoms. The lowest BCUT2D eigenvalue weighted by molar-refractivity contribution is 0.387. The van der Waals surface area contributed by atoms with Crippen LogP contribution in [0, 0.1) is 0 Å². The zero-order valence-corrected chi connectivity index (χ0v) is 12.3. The number of rotatable bonds is 3. The van der Waals surface area contributed by atoms with Gasteiger partial charge in [-0.15, -0.1) is 0 Å². The number of hydrogen-bond donors (Lipinski definition) is 2. The summed E-state index contributed by atoms with van der Waals surface area (Å²) < 4.78 is 40.1. The van der Waals surface area contributed by atoms with Gasteiger partial charge in [0, 0.05) is 17.7 Å². The molecule has 0 radical (unpaired) electrons. The van der Waals surface area contributed by atoms with Gasteiger partial charge in [-0.25, -0.2) is 0 Å². The van der Waals surface area contributed by atoms with Crippen LogP contribution in [-0.2, 0) is 10.4 Å². The van der Waals surface area contributed by atoms with E-state index in [4.69, 9.17) is 8.97 Å². The molecule has 7 nitrogen and oxygen atoms in total. The fourth-order valence-electron chi connectivity index (χ4n) is 2.11. The lowest BCUT2D eigenvalue weighted by atomic mass is 10.1. The average Bonchev–Trinajstić information content (AvgIpc) is 2.45. The van der Waals surface area contributed by atoms with Gasteiger partial charge in [0.1, 0.15) is 22.8 Å². The highest BCUT2D eigenvalue weighted by atomic mass is 32.3. The zero-order valence-electron chi connectivity index (χ0n) is 11.5. The number of aromatic hydroxyl groups is 1. The fourth-order valence-corrected chi connectivity index (χ4v) is 2.46. The molecule has 0 bridgehead atoms. The lowest BCUT2D eigenvalue weighted by Crippen LogP contribution is -2.06. The molecule has 1 aromatic heterocycles. The van der Waals surface area contributed by atoms with E-state index in [1.807, 2.05) is 0 Å². The summed E-state index contributed by atoms with van der Waals surface area (Å²) in [6.07, 6.45) is 0. The second-order valence-electron chi connectivity index (χ2n) is 4.69. The van der Waals surface area contributed by atoms with Crippen molar-refractivity contribution in [2.75, 3.05) is 0 Å². The van der Waals surface area contributed by atoms with E-state index in [1.165, 1.54) is 42.5 Å². The molecule has 0 spiro atoms. The third-order valence-electron chi connectivity index (χ3n) is 3.03. The second-order valence-corrected chi connectivity index (χ2v) is 5.72. The summed E-state index contributed by atoms with van der Waals surface area (Å²) in [5.74, 6) is -0.0289. The first-order valence-corrected chi connectivity index (χ1v) is 7.72. The molecular formula is C15H10O7S. The van der Waals surface area contributed by atoms with Gasteiger partial charge in [-0.3, -0.25) is 9.35 Å². The summed E-state index contributed by atoms with van der Waals surface area (Å²) in [6, 6.07) is 11.0. The number of hydrogen-bond acceptors (Lipinski definition) is 6. The molecule has 0 aliphatic heterocycles. The summed E-state index contributed by atoms with van der Waals surface area (Å²) in [6.45, 7) is 0. The highest BCUT2D eigenvalue weighted by Gasteiger charge is 2.11. The average molecular weight is 334 g/mol. The zero-order chi connectivity index (χ0) is 16.6. The van der Waals surface area contributed by atoms with E-state index >= 15 is 0 Å². The Morgan fingerprint density at radius 1 is 1.04 bits per heavy atom. The van der Waals surface area contributed by atoms with Gasteiger partial charge in [0.05, 0.1) is 5.39 Å². The first kappa shape index (κ1) is 15.1. The van der Waals surface area contributed by atoms with Gasteiger partial charge in [-0.05, 0) is 24.3 Å². The molecule has 0 fully saturated rings. The monoisotopic (exact) mass is 334 g/mol. The van der Waals surface area contributed by atoms with Gasteiger partial charge in [0.25, 0.3) is 0 Å². The Morgan fingerprint density at radius 2 is 1.83 bits per heavy atom. The van der Waals surface area contributed by atoms with Crippen LogP contribution in [0.15, 0.2) is 57.7 Å². The van der Waals surface area contributed by atoms with Gasteiger partial charge < -0.3 is 13.7 Å². The Labute approximate surface area is 130 Å². The molecule has 0 unspecified atom stereocenters. The molecule has 2 N–H and O–H groups in total. The van der Waals surface area contributed by atoms with Crippen LogP contribution in [0.2, 0.25) is 0 Å². The van der Waals surface area contributed by atoms with Crippen LogP contribution in [0.3, 0.4) is 0 Å². The molecule has 1 heterocycles. The van der Waals surface area contributed by atoms with E-state index in [9.17, 15) is 18.3 Å². The highest BCUT2D eigenvalue weighted by Crippen LogP contribution is 2.27. The first-order valence-electron chi connectivity index (χ1n) is 6.36. The predicted octanol–water partition coefficient (Wildman–Crippen LogP) is 2.35. The number of phenolic OH excluding ortho intramolecular Hbond substituents is 1. The maximum Gasteiger partial charge on any atom is 0.446 e. The van der Waals surface area contributed by atoms with E-state index < -0.39 is 10.4 Å². The Bertz CT molecular complexity index is 1050. The summed E-state index contributed by atoms with van der Waals surface area (Å²) in [7, 11) is -4.65. The maximum atomic E-state index is 12.1. The molecule has 0 atom stereocenters. The normalized spacial score (nSPS) is 11.5. The van der Waals surface area contributed by atoms with Crippen LogP contribution in [0.25, 0.3) is 22.3 Å². The van der Waals surface area contributed by atoms with Crippen molar-refractivity contribution in [1.29, 1.82) is 0 Å². The molecule has 0 aliphatic carbocycles. The van der Waals surface area contributed by atoms with Crippen LogP contribution < -0.4 is 9.61 Å². The highest BCUT2D eigenvalue weighted by molar-refractivity contribution is 7.81. The number of phenols is 1. The van der Waals surface area contributed by atoms with Crippen LogP contribution in [0.1, 0.15) is 0 Å². The van der Waals surface area contributed by atoms with Crippen molar-refractivity contribution in [2.24, 2.45) is 0 Å². The minimum atomic E-state index is -4.65. The summed E-state index contributed by atoms with van der Waals surface area (Å²) in [4.78, 5) is 12.1. The Hall–Kier alpha value is -2.84. The van der Waals surface area contributed by atoms with Crippen molar-refractivity contribution in [3.05, 3.63) is 58.8 Å². The molecule has 118 valence electrons. The third kappa shape index (κ3) is 3.33. The number of fused-ring (bicyclic) bond motifs is 1. The molecule has 0 saturated heterocycles. The fraction of sp³-hybridized carbons (Fsp3) is 0. The molecule has 0 saturated carbocycles. The van der Waals surface area contributed by atoms with Crippen molar-refractivity contribution in [3.63, 3.8) is 0 Å². The topological polar surface area (TPSA) is 114 Å². The minimum absolute atomic E-state index is 0.0544. The molecule has 8 heteroatoms. The summed E-state index contributed by atoms with van der Waals surface area (Å²) >= 11 is 0. The molecule has 0 aliphatic rings. The van der Waals surface area contributed by atoms with Crippen molar-refractivity contribution in [1.82, 2.24) is 0 Å². The largest absolute Gasteiger partial charge is 0.508 e. The van der Waals surface area contributed by atoms with Crippen molar-refractivity contribution < 1.29 is 26.7 Å². The van der Waals surface area contributed by atoms with Gasteiger partial charge in [0.15, 0.2) is 5.43 Å². The Kier molecular flexibility index (Phi) is 3.55. The van der Waals surface area contributed by atoms with E-state index in [0.29, 0.717) is 10.9 Å². The van der Waals surface area contributed by atoms with Gasteiger partial charge in [-0.2, -0.15) is 8.42 Å². The molecule has 0 amide bonds. The third-order valence-corrected chi connectivity index (χ3v) is 3.44. The van der Waals surface area contributed by atoms with Crippen molar-refractivity contribution in [2.45, 2.75) is 0 Å². The van der Waals surface area contributed by atoms with Crippen LogP contribution in [-0.4, -0.2) is 18.1 Å². The van der Waals surface area contributed by atoms with Crippen LogP contribution >= 0.6 is 0 Å². The van der Waals surface area contributed by atoms with Gasteiger partial charge >= 0.3 is 10.4 Å². The predicted molar refractivity (Wildman–Crippen MR) is 81.8 cm³/mol. The SMILES string of the molecule is O=c1cc(-c2cccc(OS(=O)(=O)O)c2)oc2cc(O)ccc12. The molecule has 3 aromatic rings. The quantitative estimate of drug-likeness (QED) is 0.707.